The number of pyridine rings is 1. The summed E-state index contributed by atoms with van der Waals surface area (Å²) in [6.07, 6.45) is 2.66. The Hall–Kier alpha value is -1.30. The van der Waals surface area contributed by atoms with Crippen LogP contribution in [-0.2, 0) is 10.0 Å². The topological polar surface area (TPSA) is 68.3 Å². The van der Waals surface area contributed by atoms with Crippen molar-refractivity contribution >= 4 is 15.7 Å². The number of aromatic nitrogens is 1. The molecule has 0 radical (unpaired) electrons. The quantitative estimate of drug-likeness (QED) is 0.916. The Morgan fingerprint density at radius 1 is 1.33 bits per heavy atom. The summed E-state index contributed by atoms with van der Waals surface area (Å²) < 4.78 is 30.1. The van der Waals surface area contributed by atoms with E-state index in [-0.39, 0.29) is 6.10 Å². The summed E-state index contributed by atoms with van der Waals surface area (Å²) in [5, 5.41) is 0. The lowest BCUT2D eigenvalue weighted by Gasteiger charge is -2.13. The van der Waals surface area contributed by atoms with Crippen molar-refractivity contribution in [2.24, 2.45) is 0 Å². The van der Waals surface area contributed by atoms with Crippen LogP contribution in [-0.4, -0.2) is 25.8 Å². The number of anilines is 1. The van der Waals surface area contributed by atoms with Gasteiger partial charge in [-0.25, -0.2) is 13.4 Å². The first-order valence-corrected chi connectivity index (χ1v) is 7.78. The lowest BCUT2D eigenvalue weighted by atomic mass is 10.3. The highest BCUT2D eigenvalue weighted by Crippen LogP contribution is 2.24. The van der Waals surface area contributed by atoms with Crippen LogP contribution >= 0.6 is 0 Å². The molecule has 0 saturated carbocycles. The van der Waals surface area contributed by atoms with E-state index in [1.54, 1.807) is 12.3 Å². The third-order valence-corrected chi connectivity index (χ3v) is 2.22. The van der Waals surface area contributed by atoms with Crippen molar-refractivity contribution in [1.82, 2.24) is 4.98 Å². The fourth-order valence-electron chi connectivity index (χ4n) is 1.15. The number of ether oxygens (including phenoxy) is 1. The molecule has 1 aromatic heterocycles. The maximum Gasteiger partial charge on any atom is 0.238 e. The van der Waals surface area contributed by atoms with Gasteiger partial charge in [-0.2, -0.15) is 0 Å². The molecule has 1 N–H and O–H groups in total. The Bertz CT molecular complexity index is 470. The van der Waals surface area contributed by atoms with Gasteiger partial charge in [-0.15, -0.1) is 0 Å². The molecule has 0 unspecified atom stereocenters. The SMILES string of the molecule is CC.Cc1cnc(OC(C)C)c(NS(C)(=O)=O)c1. The van der Waals surface area contributed by atoms with E-state index in [1.165, 1.54) is 0 Å². The minimum absolute atomic E-state index is 0.0599. The molecule has 0 aliphatic rings. The largest absolute Gasteiger partial charge is 0.473 e. The van der Waals surface area contributed by atoms with Gasteiger partial charge in [0.05, 0.1) is 12.4 Å². The summed E-state index contributed by atoms with van der Waals surface area (Å²) in [6, 6.07) is 1.69. The van der Waals surface area contributed by atoms with Gasteiger partial charge in [-0.3, -0.25) is 4.72 Å². The number of sulfonamides is 1. The number of nitrogens with zero attached hydrogens (tertiary/aromatic N) is 1. The number of hydrogen-bond donors (Lipinski definition) is 1. The molecule has 0 aliphatic heterocycles. The minimum Gasteiger partial charge on any atom is -0.473 e. The summed E-state index contributed by atoms with van der Waals surface area (Å²) in [4.78, 5) is 4.05. The minimum atomic E-state index is -3.32. The van der Waals surface area contributed by atoms with Crippen LogP contribution < -0.4 is 9.46 Å². The molecule has 1 rings (SSSR count). The van der Waals surface area contributed by atoms with Crippen LogP contribution in [0.25, 0.3) is 0 Å². The van der Waals surface area contributed by atoms with Crippen LogP contribution in [0.3, 0.4) is 0 Å². The van der Waals surface area contributed by atoms with Crippen molar-refractivity contribution < 1.29 is 13.2 Å². The predicted octanol–water partition coefficient (Wildman–Crippen LogP) is 2.57. The lowest BCUT2D eigenvalue weighted by Crippen LogP contribution is -2.14. The molecule has 0 atom stereocenters. The molecular formula is C12H22N2O3S. The zero-order valence-electron chi connectivity index (χ0n) is 11.8. The van der Waals surface area contributed by atoms with Gasteiger partial charge in [-0.1, -0.05) is 13.8 Å². The highest BCUT2D eigenvalue weighted by Gasteiger charge is 2.11. The van der Waals surface area contributed by atoms with Crippen molar-refractivity contribution in [3.63, 3.8) is 0 Å². The Balaban J connectivity index is 0.00000137. The van der Waals surface area contributed by atoms with Gasteiger partial charge in [-0.05, 0) is 32.4 Å². The summed E-state index contributed by atoms with van der Waals surface area (Å²) in [5.41, 5.74) is 1.23. The third-order valence-electron chi connectivity index (χ3n) is 1.63. The van der Waals surface area contributed by atoms with Crippen LogP contribution in [0.2, 0.25) is 0 Å². The predicted molar refractivity (Wildman–Crippen MR) is 74.6 cm³/mol. The van der Waals surface area contributed by atoms with Crippen molar-refractivity contribution in [1.29, 1.82) is 0 Å². The second kappa shape index (κ2) is 7.20. The van der Waals surface area contributed by atoms with Gasteiger partial charge in [0, 0.05) is 6.20 Å². The highest BCUT2D eigenvalue weighted by atomic mass is 32.2. The number of rotatable bonds is 4. The Labute approximate surface area is 110 Å². The molecule has 6 heteroatoms. The van der Waals surface area contributed by atoms with E-state index < -0.39 is 10.0 Å². The van der Waals surface area contributed by atoms with E-state index in [0.29, 0.717) is 11.6 Å². The van der Waals surface area contributed by atoms with Gasteiger partial charge in [0.2, 0.25) is 15.9 Å². The van der Waals surface area contributed by atoms with E-state index >= 15 is 0 Å². The van der Waals surface area contributed by atoms with Crippen LogP contribution in [0.15, 0.2) is 12.3 Å². The molecule has 0 amide bonds. The van der Waals surface area contributed by atoms with E-state index in [0.717, 1.165) is 11.8 Å². The zero-order chi connectivity index (χ0) is 14.3. The number of hydrogen-bond acceptors (Lipinski definition) is 4. The van der Waals surface area contributed by atoms with E-state index in [2.05, 4.69) is 9.71 Å². The van der Waals surface area contributed by atoms with E-state index in [1.807, 2.05) is 34.6 Å². The molecule has 0 aliphatic carbocycles. The van der Waals surface area contributed by atoms with Crippen LogP contribution in [0.4, 0.5) is 5.69 Å². The normalized spacial score (nSPS) is 10.6. The van der Waals surface area contributed by atoms with Gasteiger partial charge in [0.15, 0.2) is 0 Å². The maximum atomic E-state index is 11.2. The molecule has 0 bridgehead atoms. The first kappa shape index (κ1) is 16.7. The average Bonchev–Trinajstić information content (AvgIpc) is 2.22. The Kier molecular flexibility index (Phi) is 6.68. The van der Waals surface area contributed by atoms with Gasteiger partial charge in [0.1, 0.15) is 5.69 Å². The summed E-state index contributed by atoms with van der Waals surface area (Å²) >= 11 is 0. The van der Waals surface area contributed by atoms with Crippen molar-refractivity contribution in [3.05, 3.63) is 17.8 Å². The maximum absolute atomic E-state index is 11.2. The lowest BCUT2D eigenvalue weighted by molar-refractivity contribution is 0.234. The monoisotopic (exact) mass is 274 g/mol. The Morgan fingerprint density at radius 3 is 2.33 bits per heavy atom. The van der Waals surface area contributed by atoms with Gasteiger partial charge < -0.3 is 4.74 Å². The van der Waals surface area contributed by atoms with Gasteiger partial charge >= 0.3 is 0 Å². The van der Waals surface area contributed by atoms with Crippen molar-refractivity contribution in [2.75, 3.05) is 11.0 Å². The molecule has 1 aromatic rings. The third kappa shape index (κ3) is 6.44. The molecule has 0 saturated heterocycles. The molecule has 0 aromatic carbocycles. The summed E-state index contributed by atoms with van der Waals surface area (Å²) in [5.74, 6) is 0.297. The second-order valence-electron chi connectivity index (χ2n) is 3.91. The first-order chi connectivity index (χ1) is 8.28. The first-order valence-electron chi connectivity index (χ1n) is 5.89. The Morgan fingerprint density at radius 2 is 1.89 bits per heavy atom. The molecule has 5 nitrogen and oxygen atoms in total. The number of nitrogens with one attached hydrogen (secondary N) is 1. The van der Waals surface area contributed by atoms with Crippen molar-refractivity contribution in [3.8, 4) is 5.88 Å². The van der Waals surface area contributed by atoms with E-state index in [9.17, 15) is 8.42 Å². The molecule has 0 fully saturated rings. The van der Waals surface area contributed by atoms with Crippen LogP contribution in [0.1, 0.15) is 33.3 Å². The number of aryl methyl sites for hydroxylation is 1. The van der Waals surface area contributed by atoms with E-state index in [4.69, 9.17) is 4.74 Å². The fraction of sp³-hybridized carbons (Fsp3) is 0.583. The average molecular weight is 274 g/mol. The molecular weight excluding hydrogens is 252 g/mol. The molecule has 0 spiro atoms. The standard InChI is InChI=1S/C10H16N2O3S.C2H6/c1-7(2)15-10-9(12-16(4,13)14)5-8(3)6-11-10;1-2/h5-7,12H,1-4H3;1-2H3. The smallest absolute Gasteiger partial charge is 0.238 e. The fourth-order valence-corrected chi connectivity index (χ4v) is 1.69. The van der Waals surface area contributed by atoms with Gasteiger partial charge in [0.25, 0.3) is 0 Å². The molecule has 104 valence electrons. The van der Waals surface area contributed by atoms with Crippen LogP contribution in [0.5, 0.6) is 5.88 Å². The van der Waals surface area contributed by atoms with Crippen LogP contribution in [0, 0.1) is 6.92 Å². The molecule has 1 heterocycles. The zero-order valence-corrected chi connectivity index (χ0v) is 12.6. The highest BCUT2D eigenvalue weighted by molar-refractivity contribution is 7.92. The summed E-state index contributed by atoms with van der Waals surface area (Å²) in [7, 11) is -3.32. The summed E-state index contributed by atoms with van der Waals surface area (Å²) in [6.45, 7) is 9.54. The second-order valence-corrected chi connectivity index (χ2v) is 5.65. The van der Waals surface area contributed by atoms with Crippen molar-refractivity contribution in [2.45, 2.75) is 40.7 Å². The molecule has 18 heavy (non-hydrogen) atoms.